The highest BCUT2D eigenvalue weighted by Gasteiger charge is 2.52. The van der Waals surface area contributed by atoms with E-state index in [1.54, 1.807) is 0 Å². The van der Waals surface area contributed by atoms with E-state index in [1.807, 2.05) is 20.8 Å². The molecule has 1 unspecified atom stereocenters. The summed E-state index contributed by atoms with van der Waals surface area (Å²) in [5.41, 5.74) is -1.08. The van der Waals surface area contributed by atoms with Gasteiger partial charge in [0.25, 0.3) is 0 Å². The Balaban J connectivity index is 2.96. The van der Waals surface area contributed by atoms with Crippen molar-refractivity contribution >= 4 is 17.8 Å². The Kier molecular flexibility index (Phi) is 5.72. The molecule has 1 aliphatic heterocycles. The quantitative estimate of drug-likeness (QED) is 0.576. The molecule has 5 heteroatoms. The summed E-state index contributed by atoms with van der Waals surface area (Å²) >= 11 is 0. The molecular formula is C15H26N2O3. The number of urea groups is 1. The number of barbiturate groups is 1. The lowest BCUT2D eigenvalue weighted by Gasteiger charge is -2.39. The van der Waals surface area contributed by atoms with Gasteiger partial charge in [0.15, 0.2) is 0 Å². The molecule has 1 aliphatic rings. The number of carbonyl (C=O) groups is 3. The maximum Gasteiger partial charge on any atom is 0.330 e. The van der Waals surface area contributed by atoms with Crippen LogP contribution in [-0.4, -0.2) is 29.3 Å². The van der Waals surface area contributed by atoms with Gasteiger partial charge in [-0.25, -0.2) is 4.79 Å². The minimum Gasteiger partial charge on any atom is -0.277 e. The molecule has 0 radical (unpaired) electrons. The van der Waals surface area contributed by atoms with E-state index in [0.29, 0.717) is 19.4 Å². The average Bonchev–Trinajstić information content (AvgIpc) is 2.38. The van der Waals surface area contributed by atoms with Gasteiger partial charge >= 0.3 is 6.03 Å². The zero-order chi connectivity index (χ0) is 15.3. The van der Waals surface area contributed by atoms with Crippen LogP contribution >= 0.6 is 0 Å². The van der Waals surface area contributed by atoms with Crippen molar-refractivity contribution < 1.29 is 14.4 Å². The largest absolute Gasteiger partial charge is 0.330 e. The second kappa shape index (κ2) is 6.86. The van der Waals surface area contributed by atoms with Crippen LogP contribution in [0.3, 0.4) is 0 Å². The molecule has 1 atom stereocenters. The standard InChI is InChI=1S/C15H26N2O3/c1-5-7-8-9-17-13(19)15(6-2,10-11(3)4)12(18)16-14(17)20/h11H,5-10H2,1-4H3,(H,16,18,20). The normalized spacial score (nSPS) is 23.4. The summed E-state index contributed by atoms with van der Waals surface area (Å²) in [6.07, 6.45) is 3.67. The van der Waals surface area contributed by atoms with Gasteiger partial charge in [0.1, 0.15) is 5.41 Å². The Morgan fingerprint density at radius 2 is 1.80 bits per heavy atom. The number of carbonyl (C=O) groups excluding carboxylic acids is 3. The van der Waals surface area contributed by atoms with Crippen LogP contribution in [0, 0.1) is 11.3 Å². The number of nitrogens with one attached hydrogen (secondary N) is 1. The highest BCUT2D eigenvalue weighted by atomic mass is 16.2. The molecule has 0 saturated carbocycles. The van der Waals surface area contributed by atoms with E-state index < -0.39 is 17.4 Å². The molecule has 1 N–H and O–H groups in total. The Morgan fingerprint density at radius 1 is 1.15 bits per heavy atom. The summed E-state index contributed by atoms with van der Waals surface area (Å²) in [6.45, 7) is 8.26. The molecule has 4 amide bonds. The lowest BCUT2D eigenvalue weighted by atomic mass is 9.74. The lowest BCUT2D eigenvalue weighted by molar-refractivity contribution is -0.153. The van der Waals surface area contributed by atoms with Crippen molar-refractivity contribution in [2.75, 3.05) is 6.54 Å². The van der Waals surface area contributed by atoms with Crippen LogP contribution in [0.1, 0.15) is 59.8 Å². The van der Waals surface area contributed by atoms with Crippen LogP contribution in [-0.2, 0) is 9.59 Å². The van der Waals surface area contributed by atoms with E-state index >= 15 is 0 Å². The maximum absolute atomic E-state index is 12.7. The fraction of sp³-hybridized carbons (Fsp3) is 0.800. The van der Waals surface area contributed by atoms with Crippen molar-refractivity contribution in [3.63, 3.8) is 0 Å². The van der Waals surface area contributed by atoms with E-state index in [9.17, 15) is 14.4 Å². The fourth-order valence-corrected chi connectivity index (χ4v) is 2.79. The van der Waals surface area contributed by atoms with Gasteiger partial charge in [0.2, 0.25) is 11.8 Å². The van der Waals surface area contributed by atoms with Crippen molar-refractivity contribution in [2.24, 2.45) is 11.3 Å². The van der Waals surface area contributed by atoms with Crippen molar-refractivity contribution in [3.8, 4) is 0 Å². The highest BCUT2D eigenvalue weighted by Crippen LogP contribution is 2.35. The molecule has 0 aromatic rings. The molecule has 1 fully saturated rings. The first-order valence-corrected chi connectivity index (χ1v) is 7.56. The van der Waals surface area contributed by atoms with Crippen molar-refractivity contribution in [1.29, 1.82) is 0 Å². The molecule has 20 heavy (non-hydrogen) atoms. The minimum absolute atomic E-state index is 0.218. The first-order valence-electron chi connectivity index (χ1n) is 7.56. The monoisotopic (exact) mass is 282 g/mol. The summed E-state index contributed by atoms with van der Waals surface area (Å²) in [7, 11) is 0. The summed E-state index contributed by atoms with van der Waals surface area (Å²) in [5.74, 6) is -0.538. The van der Waals surface area contributed by atoms with Gasteiger partial charge in [-0.3, -0.25) is 19.8 Å². The zero-order valence-corrected chi connectivity index (χ0v) is 13.0. The van der Waals surface area contributed by atoms with E-state index in [4.69, 9.17) is 0 Å². The lowest BCUT2D eigenvalue weighted by Crippen LogP contribution is -2.64. The van der Waals surface area contributed by atoms with E-state index in [2.05, 4.69) is 12.2 Å². The second-order valence-corrected chi connectivity index (χ2v) is 5.96. The van der Waals surface area contributed by atoms with Crippen LogP contribution in [0.15, 0.2) is 0 Å². The Bertz CT molecular complexity index is 393. The SMILES string of the molecule is CCCCCN1C(=O)NC(=O)C(CC)(CC(C)C)C1=O. The van der Waals surface area contributed by atoms with Crippen LogP contribution < -0.4 is 5.32 Å². The molecule has 1 saturated heterocycles. The third kappa shape index (κ3) is 3.19. The van der Waals surface area contributed by atoms with Crippen LogP contribution in [0.5, 0.6) is 0 Å². The van der Waals surface area contributed by atoms with Gasteiger partial charge in [-0.15, -0.1) is 0 Å². The van der Waals surface area contributed by atoms with E-state index in [0.717, 1.165) is 19.3 Å². The van der Waals surface area contributed by atoms with Crippen LogP contribution in [0.2, 0.25) is 0 Å². The van der Waals surface area contributed by atoms with Crippen molar-refractivity contribution in [1.82, 2.24) is 10.2 Å². The van der Waals surface area contributed by atoms with Gasteiger partial charge in [-0.05, 0) is 25.2 Å². The molecule has 0 aromatic carbocycles. The summed E-state index contributed by atoms with van der Waals surface area (Å²) in [4.78, 5) is 38.0. The molecule has 0 aromatic heterocycles. The molecule has 5 nitrogen and oxygen atoms in total. The maximum atomic E-state index is 12.7. The minimum atomic E-state index is -1.08. The number of hydrogen-bond acceptors (Lipinski definition) is 3. The summed E-state index contributed by atoms with van der Waals surface area (Å²) in [6, 6.07) is -0.566. The fourth-order valence-electron chi connectivity index (χ4n) is 2.79. The molecule has 0 aliphatic carbocycles. The third-order valence-corrected chi connectivity index (χ3v) is 3.90. The van der Waals surface area contributed by atoms with Gasteiger partial charge in [0.05, 0.1) is 0 Å². The predicted molar refractivity (Wildman–Crippen MR) is 77.0 cm³/mol. The Labute approximate surface area is 121 Å². The van der Waals surface area contributed by atoms with Gasteiger partial charge < -0.3 is 0 Å². The number of unbranched alkanes of at least 4 members (excludes halogenated alkanes) is 2. The first-order chi connectivity index (χ1) is 9.39. The van der Waals surface area contributed by atoms with Crippen molar-refractivity contribution in [2.45, 2.75) is 59.8 Å². The molecule has 1 heterocycles. The van der Waals surface area contributed by atoms with Gasteiger partial charge in [-0.1, -0.05) is 40.5 Å². The molecular weight excluding hydrogens is 256 g/mol. The number of nitrogens with zero attached hydrogens (tertiary/aromatic N) is 1. The van der Waals surface area contributed by atoms with Gasteiger partial charge in [-0.2, -0.15) is 0 Å². The van der Waals surface area contributed by atoms with E-state index in [1.165, 1.54) is 4.90 Å². The first kappa shape index (κ1) is 16.7. The number of hydrogen-bond donors (Lipinski definition) is 1. The van der Waals surface area contributed by atoms with Crippen LogP contribution in [0.4, 0.5) is 4.79 Å². The smallest absolute Gasteiger partial charge is 0.277 e. The third-order valence-electron chi connectivity index (χ3n) is 3.90. The number of rotatable bonds is 7. The highest BCUT2D eigenvalue weighted by molar-refractivity contribution is 6.19. The van der Waals surface area contributed by atoms with Crippen LogP contribution in [0.25, 0.3) is 0 Å². The topological polar surface area (TPSA) is 66.5 Å². The Hall–Kier alpha value is -1.39. The molecule has 114 valence electrons. The van der Waals surface area contributed by atoms with Crippen molar-refractivity contribution in [3.05, 3.63) is 0 Å². The molecule has 1 rings (SSSR count). The number of imide groups is 2. The zero-order valence-electron chi connectivity index (χ0n) is 13.0. The second-order valence-electron chi connectivity index (χ2n) is 5.96. The van der Waals surface area contributed by atoms with E-state index in [-0.39, 0.29) is 11.8 Å². The Morgan fingerprint density at radius 3 is 2.30 bits per heavy atom. The molecule has 0 bridgehead atoms. The van der Waals surface area contributed by atoms with Gasteiger partial charge in [0, 0.05) is 6.54 Å². The number of amides is 4. The summed E-state index contributed by atoms with van der Waals surface area (Å²) in [5, 5.41) is 2.36. The average molecular weight is 282 g/mol. The molecule has 0 spiro atoms. The predicted octanol–water partition coefficient (Wildman–Crippen LogP) is 2.70. The summed E-state index contributed by atoms with van der Waals surface area (Å²) < 4.78 is 0.